The summed E-state index contributed by atoms with van der Waals surface area (Å²) in [6.45, 7) is 14.6. The molecule has 8 nitrogen and oxygen atoms in total. The number of aromatic nitrogens is 1. The van der Waals surface area contributed by atoms with Gasteiger partial charge in [0.2, 0.25) is 11.6 Å². The van der Waals surface area contributed by atoms with Crippen molar-refractivity contribution in [1.29, 1.82) is 0 Å². The minimum Gasteiger partial charge on any atom is -0.438 e. The number of hydrogen-bond donors (Lipinski definition) is 2. The summed E-state index contributed by atoms with van der Waals surface area (Å²) in [5.74, 6) is -0.557. The van der Waals surface area contributed by atoms with Crippen LogP contribution in [0.25, 0.3) is 4.85 Å². The zero-order chi connectivity index (χ0) is 23.6. The molecule has 3 aromatic rings. The van der Waals surface area contributed by atoms with Crippen molar-refractivity contribution < 1.29 is 17.9 Å². The Balaban J connectivity index is 2.06. The first-order chi connectivity index (χ1) is 15.0. The van der Waals surface area contributed by atoms with Gasteiger partial charge >= 0.3 is 0 Å². The second-order valence-corrected chi connectivity index (χ2v) is 9.08. The van der Waals surface area contributed by atoms with Gasteiger partial charge < -0.3 is 10.5 Å². The van der Waals surface area contributed by atoms with Crippen LogP contribution in [0.3, 0.4) is 0 Å². The van der Waals surface area contributed by atoms with Gasteiger partial charge in [0, 0.05) is 11.4 Å². The van der Waals surface area contributed by atoms with Gasteiger partial charge in [0.05, 0.1) is 17.0 Å². The van der Waals surface area contributed by atoms with Crippen LogP contribution in [0.15, 0.2) is 47.4 Å². The zero-order valence-corrected chi connectivity index (χ0v) is 18.9. The number of rotatable bonds is 5. The lowest BCUT2D eigenvalue weighted by Crippen LogP contribution is -2.31. The maximum atomic E-state index is 13.0. The number of anilines is 1. The van der Waals surface area contributed by atoms with E-state index in [0.29, 0.717) is 11.4 Å². The van der Waals surface area contributed by atoms with Crippen molar-refractivity contribution in [3.8, 4) is 11.6 Å². The van der Waals surface area contributed by atoms with Gasteiger partial charge in [-0.15, -0.1) is 0 Å². The van der Waals surface area contributed by atoms with Gasteiger partial charge in [-0.2, -0.15) is 0 Å². The van der Waals surface area contributed by atoms with Crippen LogP contribution in [0, 0.1) is 34.3 Å². The van der Waals surface area contributed by atoms with Crippen LogP contribution in [0.4, 0.5) is 11.4 Å². The van der Waals surface area contributed by atoms with Gasteiger partial charge in [0.15, 0.2) is 0 Å². The van der Waals surface area contributed by atoms with Gasteiger partial charge in [0.25, 0.3) is 15.9 Å². The molecule has 9 heteroatoms. The molecule has 1 heterocycles. The molecule has 3 N–H and O–H groups in total. The molecule has 0 saturated carbocycles. The van der Waals surface area contributed by atoms with Crippen molar-refractivity contribution in [3.63, 3.8) is 0 Å². The molecule has 1 amide bonds. The highest BCUT2D eigenvalue weighted by atomic mass is 32.2. The molecule has 164 valence electrons. The van der Waals surface area contributed by atoms with Crippen LogP contribution >= 0.6 is 0 Å². The Labute approximate surface area is 186 Å². The molecule has 0 unspecified atom stereocenters. The number of benzene rings is 2. The lowest BCUT2D eigenvalue weighted by molar-refractivity contribution is 0.0978. The van der Waals surface area contributed by atoms with Crippen molar-refractivity contribution >= 4 is 27.3 Å². The number of ether oxygens (including phenoxy) is 1. The number of hydrogen-bond acceptors (Lipinski definition) is 6. The van der Waals surface area contributed by atoms with E-state index in [-0.39, 0.29) is 27.7 Å². The maximum Gasteiger partial charge on any atom is 0.269 e. The fourth-order valence-electron chi connectivity index (χ4n) is 3.27. The summed E-state index contributed by atoms with van der Waals surface area (Å²) in [7, 11) is -4.21. The Morgan fingerprint density at radius 2 is 1.75 bits per heavy atom. The highest BCUT2D eigenvalue weighted by Crippen LogP contribution is 2.33. The molecule has 0 fully saturated rings. The number of carbonyl (C=O) groups excluding carboxylic acids is 1. The number of aryl methyl sites for hydroxylation is 4. The van der Waals surface area contributed by atoms with E-state index in [1.165, 1.54) is 30.3 Å². The van der Waals surface area contributed by atoms with Gasteiger partial charge in [-0.3, -0.25) is 4.79 Å². The third kappa shape index (κ3) is 4.71. The van der Waals surface area contributed by atoms with Crippen molar-refractivity contribution in [3.05, 3.63) is 81.8 Å². The predicted molar refractivity (Wildman–Crippen MR) is 121 cm³/mol. The third-order valence-electron chi connectivity index (χ3n) is 4.72. The van der Waals surface area contributed by atoms with Gasteiger partial charge in [-0.25, -0.2) is 23.0 Å². The summed E-state index contributed by atoms with van der Waals surface area (Å²) in [5, 5.41) is 0. The van der Waals surface area contributed by atoms with Crippen LogP contribution in [-0.2, 0) is 10.0 Å². The summed E-state index contributed by atoms with van der Waals surface area (Å²) in [5.41, 5.74) is 8.90. The molecule has 0 spiro atoms. The second kappa shape index (κ2) is 8.69. The quantitative estimate of drug-likeness (QED) is 0.441. The Bertz CT molecular complexity index is 1350. The average Bonchev–Trinajstić information content (AvgIpc) is 2.70. The van der Waals surface area contributed by atoms with E-state index in [4.69, 9.17) is 17.0 Å². The third-order valence-corrected chi connectivity index (χ3v) is 6.04. The van der Waals surface area contributed by atoms with Crippen LogP contribution < -0.4 is 15.2 Å². The fourth-order valence-corrected chi connectivity index (χ4v) is 4.29. The van der Waals surface area contributed by atoms with Gasteiger partial charge in [-0.05, 0) is 63.1 Å². The van der Waals surface area contributed by atoms with E-state index in [1.807, 2.05) is 37.6 Å². The first-order valence-corrected chi connectivity index (χ1v) is 11.1. The fraction of sp³-hybridized carbons (Fsp3) is 0.174. The largest absolute Gasteiger partial charge is 0.438 e. The number of nitrogen functional groups attached to an aromatic ring is 1. The molecule has 0 bridgehead atoms. The van der Waals surface area contributed by atoms with E-state index >= 15 is 0 Å². The number of carbonyl (C=O) groups is 1. The highest BCUT2D eigenvalue weighted by molar-refractivity contribution is 7.90. The molecule has 32 heavy (non-hydrogen) atoms. The molecule has 3 rings (SSSR count). The molecule has 0 aliphatic heterocycles. The van der Waals surface area contributed by atoms with E-state index in [9.17, 15) is 13.2 Å². The molecule has 0 aliphatic carbocycles. The average molecular weight is 451 g/mol. The van der Waals surface area contributed by atoms with Crippen molar-refractivity contribution in [2.75, 3.05) is 5.73 Å². The lowest BCUT2D eigenvalue weighted by atomic mass is 10.1. The predicted octanol–water partition coefficient (Wildman–Crippen LogP) is 4.36. The first-order valence-electron chi connectivity index (χ1n) is 9.59. The Kier molecular flexibility index (Phi) is 6.18. The lowest BCUT2D eigenvalue weighted by Gasteiger charge is -2.16. The number of pyridine rings is 1. The monoisotopic (exact) mass is 450 g/mol. The van der Waals surface area contributed by atoms with E-state index < -0.39 is 15.9 Å². The standard InChI is InChI=1S/C23H22N4O4S/c1-13-9-14(2)21(15(3)10-13)31-23-19(12-20(25-5)16(4)26-23)22(28)27-32(29,30)18-8-6-7-17(24)11-18/h6-12H,24H2,1-4H3,(H,27,28). The van der Waals surface area contributed by atoms with Crippen LogP contribution in [0.5, 0.6) is 11.6 Å². The van der Waals surface area contributed by atoms with Crippen LogP contribution in [-0.4, -0.2) is 19.3 Å². The van der Waals surface area contributed by atoms with Crippen molar-refractivity contribution in [1.82, 2.24) is 9.71 Å². The molecular weight excluding hydrogens is 428 g/mol. The first kappa shape index (κ1) is 22.8. The van der Waals surface area contributed by atoms with Crippen molar-refractivity contribution in [2.24, 2.45) is 0 Å². The highest BCUT2D eigenvalue weighted by Gasteiger charge is 2.24. The Hall–Kier alpha value is -3.90. The molecule has 0 atom stereocenters. The topological polar surface area (TPSA) is 116 Å². The van der Waals surface area contributed by atoms with Gasteiger partial charge in [0.1, 0.15) is 5.75 Å². The normalized spacial score (nSPS) is 11.0. The van der Waals surface area contributed by atoms with Gasteiger partial charge in [-0.1, -0.05) is 23.8 Å². The zero-order valence-electron chi connectivity index (χ0n) is 18.1. The summed E-state index contributed by atoms with van der Waals surface area (Å²) in [6.07, 6.45) is 0. The number of nitrogens with zero attached hydrogens (tertiary/aromatic N) is 2. The molecular formula is C23H22N4O4S. The van der Waals surface area contributed by atoms with E-state index in [2.05, 4.69) is 9.83 Å². The summed E-state index contributed by atoms with van der Waals surface area (Å²) in [4.78, 5) is 20.5. The molecule has 0 radical (unpaired) electrons. The summed E-state index contributed by atoms with van der Waals surface area (Å²) >= 11 is 0. The molecule has 0 saturated heterocycles. The maximum absolute atomic E-state index is 13.0. The van der Waals surface area contributed by atoms with E-state index in [0.717, 1.165) is 16.7 Å². The molecule has 1 aromatic heterocycles. The Morgan fingerprint density at radius 3 is 2.34 bits per heavy atom. The minimum atomic E-state index is -4.21. The molecule has 0 aliphatic rings. The van der Waals surface area contributed by atoms with Crippen LogP contribution in [0.1, 0.15) is 32.7 Å². The SMILES string of the molecule is [C-]#[N+]c1cc(C(=O)NS(=O)(=O)c2cccc(N)c2)c(Oc2c(C)cc(C)cc2C)nc1C. The number of nitrogens with two attached hydrogens (primary N) is 1. The van der Waals surface area contributed by atoms with Crippen LogP contribution in [0.2, 0.25) is 0 Å². The smallest absolute Gasteiger partial charge is 0.269 e. The number of amides is 1. The minimum absolute atomic E-state index is 0.0924. The number of nitrogens with one attached hydrogen (secondary N) is 1. The molecule has 2 aromatic carbocycles. The van der Waals surface area contributed by atoms with Crippen molar-refractivity contribution in [2.45, 2.75) is 32.6 Å². The number of sulfonamides is 1. The second-order valence-electron chi connectivity index (χ2n) is 7.39. The Morgan fingerprint density at radius 1 is 1.09 bits per heavy atom. The summed E-state index contributed by atoms with van der Waals surface area (Å²) < 4.78 is 33.4. The summed E-state index contributed by atoms with van der Waals surface area (Å²) in [6, 6.07) is 10.7. The van der Waals surface area contributed by atoms with E-state index in [1.54, 1.807) is 6.92 Å².